The van der Waals surface area contributed by atoms with Gasteiger partial charge in [-0.05, 0) is 55.2 Å². The first-order valence-electron chi connectivity index (χ1n) is 10.1. The zero-order chi connectivity index (χ0) is 18.6. The van der Waals surface area contributed by atoms with Gasteiger partial charge in [0.15, 0.2) is 5.60 Å². The standard InChI is InChI=1S/C23H25NO3/c1-16-13-21(26)27-23(16)19(14-17-7-3-2-4-8-17)15-18-9-5-6-12-24-20(25)10-11-22(18,23)24/h2-4,7-8,13-14,18H,5-6,9-12,15H2,1H3/b19-14+/t18-,22+,23+/m0/s1. The number of ether oxygens (including phenoxy) is 1. The molecule has 27 heavy (non-hydrogen) atoms. The van der Waals surface area contributed by atoms with E-state index < -0.39 is 11.1 Å². The van der Waals surface area contributed by atoms with E-state index in [9.17, 15) is 9.59 Å². The molecule has 3 heterocycles. The molecule has 0 unspecified atom stereocenters. The fraction of sp³-hybridized carbons (Fsp3) is 0.478. The summed E-state index contributed by atoms with van der Waals surface area (Å²) < 4.78 is 6.19. The third-order valence-corrected chi connectivity index (χ3v) is 7.17. The maximum absolute atomic E-state index is 12.8. The van der Waals surface area contributed by atoms with Crippen LogP contribution in [-0.4, -0.2) is 34.5 Å². The Bertz CT molecular complexity index is 871. The number of esters is 1. The van der Waals surface area contributed by atoms with Gasteiger partial charge in [-0.25, -0.2) is 4.79 Å². The zero-order valence-electron chi connectivity index (χ0n) is 15.7. The van der Waals surface area contributed by atoms with Gasteiger partial charge in [-0.15, -0.1) is 0 Å². The highest BCUT2D eigenvalue weighted by Gasteiger charge is 2.72. The minimum Gasteiger partial charge on any atom is -0.444 e. The van der Waals surface area contributed by atoms with Crippen molar-refractivity contribution in [3.63, 3.8) is 0 Å². The van der Waals surface area contributed by atoms with E-state index in [1.165, 1.54) is 0 Å². The Morgan fingerprint density at radius 1 is 1.19 bits per heavy atom. The fourth-order valence-corrected chi connectivity index (χ4v) is 6.25. The predicted molar refractivity (Wildman–Crippen MR) is 103 cm³/mol. The summed E-state index contributed by atoms with van der Waals surface area (Å²) in [4.78, 5) is 27.3. The molecule has 1 saturated carbocycles. The molecule has 2 saturated heterocycles. The maximum Gasteiger partial charge on any atom is 0.332 e. The van der Waals surface area contributed by atoms with Crippen molar-refractivity contribution >= 4 is 18.0 Å². The molecule has 0 N–H and O–H groups in total. The van der Waals surface area contributed by atoms with Gasteiger partial charge in [-0.1, -0.05) is 42.8 Å². The molecule has 140 valence electrons. The Balaban J connectivity index is 1.74. The smallest absolute Gasteiger partial charge is 0.332 e. The van der Waals surface area contributed by atoms with E-state index in [1.54, 1.807) is 6.08 Å². The maximum atomic E-state index is 12.8. The zero-order valence-corrected chi connectivity index (χ0v) is 15.7. The summed E-state index contributed by atoms with van der Waals surface area (Å²) in [6, 6.07) is 10.2. The third-order valence-electron chi connectivity index (χ3n) is 7.17. The van der Waals surface area contributed by atoms with Gasteiger partial charge in [0.05, 0.1) is 5.54 Å². The van der Waals surface area contributed by atoms with E-state index in [4.69, 9.17) is 4.74 Å². The van der Waals surface area contributed by atoms with Crippen LogP contribution in [0.5, 0.6) is 0 Å². The van der Waals surface area contributed by atoms with E-state index in [1.807, 2.05) is 25.1 Å². The highest BCUT2D eigenvalue weighted by Crippen LogP contribution is 2.63. The van der Waals surface area contributed by atoms with Crippen molar-refractivity contribution in [2.24, 2.45) is 5.92 Å². The van der Waals surface area contributed by atoms with Gasteiger partial charge in [-0.2, -0.15) is 0 Å². The highest BCUT2D eigenvalue weighted by molar-refractivity contribution is 5.90. The first-order chi connectivity index (χ1) is 13.1. The summed E-state index contributed by atoms with van der Waals surface area (Å²) in [5.41, 5.74) is 2.03. The molecule has 4 nitrogen and oxygen atoms in total. The largest absolute Gasteiger partial charge is 0.444 e. The lowest BCUT2D eigenvalue weighted by molar-refractivity contribution is -0.158. The monoisotopic (exact) mass is 363 g/mol. The molecule has 1 amide bonds. The van der Waals surface area contributed by atoms with Crippen LogP contribution >= 0.6 is 0 Å². The molecular formula is C23H25NO3. The first-order valence-corrected chi connectivity index (χ1v) is 10.1. The van der Waals surface area contributed by atoms with Crippen LogP contribution in [0.2, 0.25) is 0 Å². The van der Waals surface area contributed by atoms with Gasteiger partial charge >= 0.3 is 5.97 Å². The number of benzene rings is 1. The Hall–Kier alpha value is -2.36. The lowest BCUT2D eigenvalue weighted by atomic mass is 9.70. The summed E-state index contributed by atoms with van der Waals surface area (Å²) in [5.74, 6) is 0.290. The van der Waals surface area contributed by atoms with Crippen LogP contribution in [0, 0.1) is 5.92 Å². The lowest BCUT2D eigenvalue weighted by Gasteiger charge is -2.49. The van der Waals surface area contributed by atoms with Crippen LogP contribution in [-0.2, 0) is 14.3 Å². The van der Waals surface area contributed by atoms with Gasteiger partial charge in [0.1, 0.15) is 0 Å². The molecule has 2 spiro atoms. The Morgan fingerprint density at radius 2 is 2.00 bits per heavy atom. The molecule has 1 aromatic rings. The van der Waals surface area contributed by atoms with Gasteiger partial charge in [0, 0.05) is 19.0 Å². The molecule has 1 aromatic carbocycles. The van der Waals surface area contributed by atoms with E-state index in [2.05, 4.69) is 23.1 Å². The van der Waals surface area contributed by atoms with Crippen LogP contribution < -0.4 is 0 Å². The Labute approximate surface area is 159 Å². The second kappa shape index (κ2) is 5.82. The molecule has 0 radical (unpaired) electrons. The molecule has 4 aliphatic rings. The lowest BCUT2D eigenvalue weighted by Crippen LogP contribution is -2.63. The molecule has 3 aliphatic heterocycles. The average molecular weight is 363 g/mol. The summed E-state index contributed by atoms with van der Waals surface area (Å²) >= 11 is 0. The summed E-state index contributed by atoms with van der Waals surface area (Å²) in [7, 11) is 0. The van der Waals surface area contributed by atoms with E-state index >= 15 is 0 Å². The number of carbonyl (C=O) groups is 2. The van der Waals surface area contributed by atoms with Gasteiger partial charge in [0.25, 0.3) is 0 Å². The van der Waals surface area contributed by atoms with Crippen LogP contribution in [0.15, 0.2) is 47.6 Å². The number of carbonyl (C=O) groups excluding carboxylic acids is 2. The normalized spacial score (nSPS) is 36.6. The second-order valence-corrected chi connectivity index (χ2v) is 8.38. The minimum atomic E-state index is -0.791. The molecule has 0 bridgehead atoms. The Kier molecular flexibility index (Phi) is 3.62. The van der Waals surface area contributed by atoms with Crippen LogP contribution in [0.25, 0.3) is 6.08 Å². The van der Waals surface area contributed by atoms with Gasteiger partial charge in [-0.3, -0.25) is 4.79 Å². The van der Waals surface area contributed by atoms with Gasteiger partial charge in [0.2, 0.25) is 5.91 Å². The summed E-state index contributed by atoms with van der Waals surface area (Å²) in [6.45, 7) is 2.78. The Morgan fingerprint density at radius 3 is 2.74 bits per heavy atom. The number of rotatable bonds is 1. The number of hydrogen-bond acceptors (Lipinski definition) is 3. The van der Waals surface area contributed by atoms with E-state index in [0.29, 0.717) is 12.3 Å². The number of hydrogen-bond donors (Lipinski definition) is 0. The van der Waals surface area contributed by atoms with Crippen molar-refractivity contribution in [3.8, 4) is 0 Å². The van der Waals surface area contributed by atoms with Crippen LogP contribution in [0.4, 0.5) is 0 Å². The van der Waals surface area contributed by atoms with Crippen LogP contribution in [0.3, 0.4) is 0 Å². The topological polar surface area (TPSA) is 46.6 Å². The van der Waals surface area contributed by atoms with Crippen molar-refractivity contribution in [2.75, 3.05) is 6.54 Å². The second-order valence-electron chi connectivity index (χ2n) is 8.38. The predicted octanol–water partition coefficient (Wildman–Crippen LogP) is 3.88. The summed E-state index contributed by atoms with van der Waals surface area (Å²) in [5, 5.41) is 0. The quantitative estimate of drug-likeness (QED) is 0.712. The van der Waals surface area contributed by atoms with Crippen molar-refractivity contribution in [1.29, 1.82) is 0 Å². The number of nitrogens with zero attached hydrogens (tertiary/aromatic N) is 1. The fourth-order valence-electron chi connectivity index (χ4n) is 6.25. The third kappa shape index (κ3) is 2.10. The highest BCUT2D eigenvalue weighted by atomic mass is 16.6. The van der Waals surface area contributed by atoms with Crippen molar-refractivity contribution in [2.45, 2.75) is 56.6 Å². The molecule has 3 atom stereocenters. The van der Waals surface area contributed by atoms with Crippen molar-refractivity contribution in [3.05, 3.63) is 53.1 Å². The molecule has 0 aromatic heterocycles. The van der Waals surface area contributed by atoms with E-state index in [0.717, 1.165) is 55.4 Å². The van der Waals surface area contributed by atoms with Gasteiger partial charge < -0.3 is 9.64 Å². The van der Waals surface area contributed by atoms with Crippen LogP contribution in [0.1, 0.15) is 51.0 Å². The molecule has 3 fully saturated rings. The molecular weight excluding hydrogens is 338 g/mol. The SMILES string of the molecule is CC1=CC(=O)O[C@@]12/C(=C/c1ccccc1)C[C@@H]1CCCCN3C(=O)CC[C@]132. The first kappa shape index (κ1) is 16.8. The minimum absolute atomic E-state index is 0.220. The van der Waals surface area contributed by atoms with E-state index in [-0.39, 0.29) is 11.9 Å². The molecule has 5 rings (SSSR count). The number of amides is 1. The average Bonchev–Trinajstić information content (AvgIpc) is 3.18. The molecule has 4 heteroatoms. The van der Waals surface area contributed by atoms with Crippen molar-refractivity contribution in [1.82, 2.24) is 4.90 Å². The summed E-state index contributed by atoms with van der Waals surface area (Å²) in [6.07, 6.45) is 9.31. The molecule has 1 aliphatic carbocycles. The van der Waals surface area contributed by atoms with Crippen molar-refractivity contribution < 1.29 is 14.3 Å².